The average Bonchev–Trinajstić information content (AvgIpc) is 3.79. The first-order chi connectivity index (χ1) is 25.3. The summed E-state index contributed by atoms with van der Waals surface area (Å²) in [5.74, 6) is -0.324. The molecule has 3 heterocycles. The minimum atomic E-state index is -1.06. The summed E-state index contributed by atoms with van der Waals surface area (Å²) < 4.78 is 21.0. The molecule has 11 nitrogen and oxygen atoms in total. The number of benzene rings is 2. The summed E-state index contributed by atoms with van der Waals surface area (Å²) in [5, 5.41) is 26.1. The molecular weight excluding hydrogens is 717 g/mol. The number of thiazole rings is 1. The Morgan fingerprint density at radius 1 is 1.04 bits per heavy atom. The number of anilines is 1. The predicted octanol–water partition coefficient (Wildman–Crippen LogP) is 6.60. The van der Waals surface area contributed by atoms with Crippen molar-refractivity contribution in [3.05, 3.63) is 94.1 Å². The molecule has 0 radical (unpaired) electrons. The van der Waals surface area contributed by atoms with Crippen LogP contribution in [0.25, 0.3) is 21.6 Å². The maximum Gasteiger partial charge on any atom is 0.410 e. The number of ether oxygens (including phenoxy) is 1. The number of carbonyl (C=O) groups is 1. The van der Waals surface area contributed by atoms with E-state index in [0.717, 1.165) is 27.4 Å². The van der Waals surface area contributed by atoms with E-state index in [0.29, 0.717) is 62.9 Å². The minimum absolute atomic E-state index is 0.00721. The van der Waals surface area contributed by atoms with Gasteiger partial charge >= 0.3 is 6.09 Å². The van der Waals surface area contributed by atoms with E-state index in [-0.39, 0.29) is 22.8 Å². The zero-order valence-electron chi connectivity index (χ0n) is 30.5. The largest absolute Gasteiger partial charge is 0.444 e. The first-order valence-corrected chi connectivity index (χ1v) is 19.1. The van der Waals surface area contributed by atoms with Crippen molar-refractivity contribution in [2.24, 2.45) is 5.92 Å². The maximum absolute atomic E-state index is 13.4. The number of aliphatic hydroxyl groups excluding tert-OH is 2. The zero-order valence-corrected chi connectivity index (χ0v) is 32.0. The highest BCUT2D eigenvalue weighted by molar-refractivity contribution is 7.13. The number of nitrogens with two attached hydrogens (primary N) is 1. The molecule has 6 rings (SSSR count). The zero-order chi connectivity index (χ0) is 37.9. The lowest BCUT2D eigenvalue weighted by Crippen LogP contribution is -2.40. The van der Waals surface area contributed by atoms with E-state index >= 15 is 0 Å². The number of amides is 1. The topological polar surface area (TPSA) is 143 Å². The van der Waals surface area contributed by atoms with Crippen LogP contribution in [-0.2, 0) is 17.6 Å². The number of carbonyl (C=O) groups excluding carboxylic acids is 1. The van der Waals surface area contributed by atoms with Crippen LogP contribution in [0.3, 0.4) is 0 Å². The molecule has 1 aliphatic rings. The fraction of sp³-hybridized carbons (Fsp3) is 0.436. The lowest BCUT2D eigenvalue weighted by Gasteiger charge is -2.29. The molecule has 4 N–H and O–H groups in total. The van der Waals surface area contributed by atoms with Gasteiger partial charge in [-0.25, -0.2) is 19.2 Å². The Morgan fingerprint density at radius 2 is 1.77 bits per heavy atom. The number of nitrogens with zero attached hydrogens (tertiary/aromatic N) is 6. The van der Waals surface area contributed by atoms with Crippen LogP contribution in [0.15, 0.2) is 66.2 Å². The van der Waals surface area contributed by atoms with E-state index in [1.165, 1.54) is 23.5 Å². The average molecular weight is 764 g/mol. The highest BCUT2D eigenvalue weighted by Gasteiger charge is 2.43. The van der Waals surface area contributed by atoms with Gasteiger partial charge in [0.2, 0.25) is 5.28 Å². The van der Waals surface area contributed by atoms with Gasteiger partial charge in [-0.2, -0.15) is 4.98 Å². The number of hydrogen-bond donors (Lipinski definition) is 3. The van der Waals surface area contributed by atoms with Gasteiger partial charge in [-0.1, -0.05) is 42.5 Å². The fourth-order valence-electron chi connectivity index (χ4n) is 7.00. The van der Waals surface area contributed by atoms with Crippen LogP contribution in [0.2, 0.25) is 5.28 Å². The van der Waals surface area contributed by atoms with Crippen molar-refractivity contribution in [1.29, 1.82) is 0 Å². The number of aromatic nitrogens is 4. The molecule has 1 aliphatic carbocycles. The number of rotatable bonds is 13. The van der Waals surface area contributed by atoms with Crippen LogP contribution in [0, 0.1) is 11.7 Å². The summed E-state index contributed by atoms with van der Waals surface area (Å²) in [6, 6.07) is 15.9. The molecule has 1 amide bonds. The summed E-state index contributed by atoms with van der Waals surface area (Å²) >= 11 is 7.80. The second-order valence-electron chi connectivity index (χ2n) is 14.8. The van der Waals surface area contributed by atoms with Gasteiger partial charge in [-0.05, 0) is 88.5 Å². The molecule has 5 aromatic rings. The van der Waals surface area contributed by atoms with E-state index < -0.39 is 29.9 Å². The van der Waals surface area contributed by atoms with Gasteiger partial charge in [0.25, 0.3) is 0 Å². The van der Waals surface area contributed by atoms with Crippen molar-refractivity contribution in [1.82, 2.24) is 29.3 Å². The first-order valence-electron chi connectivity index (χ1n) is 17.8. The van der Waals surface area contributed by atoms with E-state index in [1.54, 1.807) is 17.0 Å². The second-order valence-corrected chi connectivity index (χ2v) is 16.0. The van der Waals surface area contributed by atoms with Crippen molar-refractivity contribution < 1.29 is 24.1 Å². The molecule has 0 aliphatic heterocycles. The molecule has 282 valence electrons. The van der Waals surface area contributed by atoms with Crippen molar-refractivity contribution in [2.45, 2.75) is 70.3 Å². The van der Waals surface area contributed by atoms with Gasteiger partial charge < -0.3 is 35.1 Å². The summed E-state index contributed by atoms with van der Waals surface area (Å²) in [6.07, 6.45) is 1.84. The SMILES string of the molecule is CN(CCCN(CCc1ccc(F)cc1)C(=O)OC(C)(C)C)C[C@H]1C[C@@H](n2cc(-c3nc(Cc4ccccc4)cs3)c3c(N)nc(Cl)nc32)[C@H](O)[C@@H]1O. The highest BCUT2D eigenvalue weighted by atomic mass is 35.5. The molecule has 0 unspecified atom stereocenters. The van der Waals surface area contributed by atoms with E-state index in [2.05, 4.69) is 27.0 Å². The summed E-state index contributed by atoms with van der Waals surface area (Å²) in [4.78, 5) is 30.5. The van der Waals surface area contributed by atoms with Gasteiger partial charge in [-0.15, -0.1) is 11.3 Å². The molecule has 2 aromatic carbocycles. The highest BCUT2D eigenvalue weighted by Crippen LogP contribution is 2.42. The molecule has 3 aromatic heterocycles. The Labute approximate surface area is 318 Å². The molecular formula is C39H47ClFN7O4S. The monoisotopic (exact) mass is 763 g/mol. The Balaban J connectivity index is 1.13. The third-order valence-corrected chi connectivity index (χ3v) is 10.7. The van der Waals surface area contributed by atoms with E-state index in [1.807, 2.05) is 62.2 Å². The molecule has 53 heavy (non-hydrogen) atoms. The summed E-state index contributed by atoms with van der Waals surface area (Å²) in [5.41, 5.74) is 10.0. The number of fused-ring (bicyclic) bond motifs is 1. The van der Waals surface area contributed by atoms with Gasteiger partial charge in [-0.3, -0.25) is 0 Å². The Hall–Kier alpha value is -4.14. The first kappa shape index (κ1) is 38.6. The van der Waals surface area contributed by atoms with Crippen LogP contribution in [0.4, 0.5) is 15.0 Å². The fourth-order valence-corrected chi connectivity index (χ4v) is 8.00. The minimum Gasteiger partial charge on any atom is -0.444 e. The van der Waals surface area contributed by atoms with Crippen molar-refractivity contribution >= 4 is 45.9 Å². The Bertz CT molecular complexity index is 2000. The number of aliphatic hydroxyl groups is 2. The summed E-state index contributed by atoms with van der Waals surface area (Å²) in [7, 11) is 1.97. The molecule has 1 fully saturated rings. The number of halogens is 2. The quantitative estimate of drug-likeness (QED) is 0.113. The van der Waals surface area contributed by atoms with Crippen molar-refractivity contribution in [3.8, 4) is 10.6 Å². The molecule has 0 saturated heterocycles. The lowest BCUT2D eigenvalue weighted by atomic mass is 10.0. The van der Waals surface area contributed by atoms with Crippen LogP contribution in [0.1, 0.15) is 56.5 Å². The van der Waals surface area contributed by atoms with E-state index in [9.17, 15) is 19.4 Å². The van der Waals surface area contributed by atoms with E-state index in [4.69, 9.17) is 27.1 Å². The summed E-state index contributed by atoms with van der Waals surface area (Å²) in [6.45, 7) is 7.56. The number of hydrogen-bond acceptors (Lipinski definition) is 10. The third-order valence-electron chi connectivity index (χ3n) is 9.56. The second kappa shape index (κ2) is 16.5. The van der Waals surface area contributed by atoms with Crippen molar-refractivity contribution in [3.63, 3.8) is 0 Å². The van der Waals surface area contributed by atoms with Crippen LogP contribution in [-0.4, -0.2) is 96.7 Å². The Morgan fingerprint density at radius 3 is 2.49 bits per heavy atom. The molecule has 14 heteroatoms. The smallest absolute Gasteiger partial charge is 0.410 e. The van der Waals surface area contributed by atoms with Crippen LogP contribution < -0.4 is 5.73 Å². The van der Waals surface area contributed by atoms with Gasteiger partial charge in [0.05, 0.1) is 23.2 Å². The van der Waals surface area contributed by atoms with Gasteiger partial charge in [0.15, 0.2) is 0 Å². The Kier molecular flexibility index (Phi) is 12.0. The standard InChI is InChI=1S/C39H47ClFN7O4S/c1-39(2,3)52-38(51)47(18-15-24-11-13-27(41)14-12-24)17-8-16-46(4)21-26-20-30(33(50)32(26)49)48-22-29(31-34(42)44-37(40)45-35(31)48)36-43-28(23-53-36)19-25-9-6-5-7-10-25/h5-7,9-14,22-23,26,30,32-33,49-50H,8,15-21H2,1-4H3,(H2,42,44,45)/t26-,30-,32-,33+/m1/s1. The predicted molar refractivity (Wildman–Crippen MR) is 206 cm³/mol. The molecule has 0 spiro atoms. The van der Waals surface area contributed by atoms with Gasteiger partial charge in [0.1, 0.15) is 34.0 Å². The molecule has 4 atom stereocenters. The van der Waals surface area contributed by atoms with Crippen LogP contribution >= 0.6 is 22.9 Å². The number of nitrogen functional groups attached to an aromatic ring is 1. The molecule has 1 saturated carbocycles. The van der Waals surface area contributed by atoms with Crippen molar-refractivity contribution in [2.75, 3.05) is 39.0 Å². The maximum atomic E-state index is 13.4. The van der Waals surface area contributed by atoms with Crippen LogP contribution in [0.5, 0.6) is 0 Å². The van der Waals surface area contributed by atoms with Gasteiger partial charge in [0, 0.05) is 49.1 Å². The molecule has 0 bridgehead atoms. The lowest BCUT2D eigenvalue weighted by molar-refractivity contribution is 0.00142. The normalized spacial score (nSPS) is 19.0. The third kappa shape index (κ3) is 9.51.